The number of benzene rings is 1. The number of amides is 1. The Morgan fingerprint density at radius 1 is 1.19 bits per heavy atom. The predicted octanol–water partition coefficient (Wildman–Crippen LogP) is 5.19. The monoisotopic (exact) mass is 377 g/mol. The fourth-order valence-corrected chi connectivity index (χ4v) is 4.55. The number of carbonyl (C=O) groups is 1. The molecule has 1 aliphatic rings. The molecule has 1 amide bonds. The molecule has 3 aromatic rings. The molecule has 1 saturated heterocycles. The zero-order valence-electron chi connectivity index (χ0n) is 15.7. The van der Waals surface area contributed by atoms with E-state index >= 15 is 0 Å². The van der Waals surface area contributed by atoms with Crippen LogP contribution in [0, 0.1) is 13.8 Å². The number of aromatic nitrogens is 2. The summed E-state index contributed by atoms with van der Waals surface area (Å²) in [6.45, 7) is 4.90. The van der Waals surface area contributed by atoms with E-state index in [1.807, 2.05) is 48.4 Å². The van der Waals surface area contributed by atoms with E-state index in [0.29, 0.717) is 0 Å². The number of likely N-dealkylation sites (tertiary alicyclic amines) is 1. The van der Waals surface area contributed by atoms with E-state index in [0.717, 1.165) is 53.2 Å². The van der Waals surface area contributed by atoms with Gasteiger partial charge in [-0.1, -0.05) is 18.2 Å². The van der Waals surface area contributed by atoms with Crippen LogP contribution in [0.3, 0.4) is 0 Å². The van der Waals surface area contributed by atoms with Crippen LogP contribution in [0.5, 0.6) is 0 Å². The Kier molecular flexibility index (Phi) is 5.03. The minimum absolute atomic E-state index is 0.0930. The lowest BCUT2D eigenvalue weighted by Gasteiger charge is -2.36. The zero-order valence-corrected chi connectivity index (χ0v) is 16.5. The number of piperidine rings is 1. The maximum absolute atomic E-state index is 13.3. The van der Waals surface area contributed by atoms with Crippen molar-refractivity contribution in [3.63, 3.8) is 0 Å². The Balaban J connectivity index is 1.64. The topological polar surface area (TPSA) is 46.1 Å². The second-order valence-electron chi connectivity index (χ2n) is 7.04. The number of thiazole rings is 1. The van der Waals surface area contributed by atoms with E-state index in [-0.39, 0.29) is 11.9 Å². The van der Waals surface area contributed by atoms with Crippen molar-refractivity contribution < 1.29 is 4.79 Å². The van der Waals surface area contributed by atoms with Crippen LogP contribution < -0.4 is 0 Å². The second kappa shape index (κ2) is 7.61. The normalized spacial score (nSPS) is 17.1. The third kappa shape index (κ3) is 3.65. The van der Waals surface area contributed by atoms with Gasteiger partial charge in [-0.15, -0.1) is 11.3 Å². The predicted molar refractivity (Wildman–Crippen MR) is 109 cm³/mol. The molecule has 138 valence electrons. The van der Waals surface area contributed by atoms with Crippen LogP contribution in [-0.2, 0) is 0 Å². The van der Waals surface area contributed by atoms with Crippen LogP contribution in [0.25, 0.3) is 10.6 Å². The first-order valence-electron chi connectivity index (χ1n) is 9.39. The van der Waals surface area contributed by atoms with Crippen molar-refractivity contribution in [1.29, 1.82) is 0 Å². The highest BCUT2D eigenvalue weighted by Gasteiger charge is 2.29. The number of carbonyl (C=O) groups excluding carboxylic acids is 1. The maximum Gasteiger partial charge on any atom is 0.254 e. The highest BCUT2D eigenvalue weighted by atomic mass is 32.1. The Hall–Kier alpha value is -2.53. The molecule has 0 radical (unpaired) electrons. The second-order valence-corrected chi connectivity index (χ2v) is 8.24. The third-order valence-corrected chi connectivity index (χ3v) is 6.34. The Morgan fingerprint density at radius 3 is 2.81 bits per heavy atom. The summed E-state index contributed by atoms with van der Waals surface area (Å²) in [5.74, 6) is 0.0930. The van der Waals surface area contributed by atoms with Gasteiger partial charge in [0, 0.05) is 34.9 Å². The van der Waals surface area contributed by atoms with Gasteiger partial charge >= 0.3 is 0 Å². The summed E-state index contributed by atoms with van der Waals surface area (Å²) in [7, 11) is 0. The highest BCUT2D eigenvalue weighted by molar-refractivity contribution is 7.15. The Morgan fingerprint density at radius 2 is 2.07 bits per heavy atom. The summed E-state index contributed by atoms with van der Waals surface area (Å²) in [6, 6.07) is 12.0. The first-order valence-corrected chi connectivity index (χ1v) is 10.2. The number of hydrogen-bond acceptors (Lipinski definition) is 4. The lowest BCUT2D eigenvalue weighted by Crippen LogP contribution is -2.38. The molecule has 0 aliphatic carbocycles. The van der Waals surface area contributed by atoms with Crippen molar-refractivity contribution in [2.24, 2.45) is 0 Å². The molecule has 4 nitrogen and oxygen atoms in total. The van der Waals surface area contributed by atoms with Crippen molar-refractivity contribution in [3.05, 3.63) is 70.5 Å². The van der Waals surface area contributed by atoms with Gasteiger partial charge in [-0.05, 0) is 56.9 Å². The van der Waals surface area contributed by atoms with E-state index in [4.69, 9.17) is 0 Å². The lowest BCUT2D eigenvalue weighted by molar-refractivity contribution is 0.0611. The Bertz CT molecular complexity index is 932. The van der Waals surface area contributed by atoms with Gasteiger partial charge in [0.1, 0.15) is 5.01 Å². The Labute approximate surface area is 163 Å². The molecule has 0 saturated carbocycles. The van der Waals surface area contributed by atoms with Gasteiger partial charge in [0.2, 0.25) is 0 Å². The molecule has 5 heteroatoms. The molecule has 1 fully saturated rings. The average molecular weight is 378 g/mol. The van der Waals surface area contributed by atoms with Gasteiger partial charge in [0.15, 0.2) is 0 Å². The summed E-state index contributed by atoms with van der Waals surface area (Å²) in [5, 5.41) is 0.974. The molecule has 27 heavy (non-hydrogen) atoms. The van der Waals surface area contributed by atoms with Crippen LogP contribution >= 0.6 is 11.3 Å². The minimum atomic E-state index is 0.0930. The van der Waals surface area contributed by atoms with E-state index in [2.05, 4.69) is 23.0 Å². The number of rotatable bonds is 3. The van der Waals surface area contributed by atoms with Crippen LogP contribution in [0.15, 0.2) is 48.8 Å². The fourth-order valence-electron chi connectivity index (χ4n) is 3.64. The van der Waals surface area contributed by atoms with Crippen LogP contribution in [0.2, 0.25) is 0 Å². The van der Waals surface area contributed by atoms with Crippen molar-refractivity contribution in [2.75, 3.05) is 6.54 Å². The molecule has 0 N–H and O–H groups in total. The summed E-state index contributed by atoms with van der Waals surface area (Å²) in [4.78, 5) is 25.4. The molecule has 1 aromatic carbocycles. The quantitative estimate of drug-likeness (QED) is 0.631. The summed E-state index contributed by atoms with van der Waals surface area (Å²) in [6.07, 6.45) is 6.84. The van der Waals surface area contributed by atoms with Crippen molar-refractivity contribution in [2.45, 2.75) is 39.2 Å². The average Bonchev–Trinajstić information content (AvgIpc) is 3.07. The first-order chi connectivity index (χ1) is 13.1. The number of hydrogen-bond donors (Lipinski definition) is 0. The van der Waals surface area contributed by atoms with E-state index in [9.17, 15) is 4.79 Å². The maximum atomic E-state index is 13.3. The highest BCUT2D eigenvalue weighted by Crippen LogP contribution is 2.33. The van der Waals surface area contributed by atoms with Crippen molar-refractivity contribution in [1.82, 2.24) is 14.9 Å². The summed E-state index contributed by atoms with van der Waals surface area (Å²) < 4.78 is 0. The van der Waals surface area contributed by atoms with Crippen LogP contribution in [-0.4, -0.2) is 27.3 Å². The smallest absolute Gasteiger partial charge is 0.254 e. The van der Waals surface area contributed by atoms with Gasteiger partial charge in [0.25, 0.3) is 5.91 Å². The van der Waals surface area contributed by atoms with Gasteiger partial charge in [-0.2, -0.15) is 0 Å². The van der Waals surface area contributed by atoms with Crippen LogP contribution in [0.4, 0.5) is 0 Å². The molecular formula is C22H23N3OS. The largest absolute Gasteiger partial charge is 0.332 e. The van der Waals surface area contributed by atoms with E-state index < -0.39 is 0 Å². The molecule has 4 rings (SSSR count). The SMILES string of the molecule is Cc1nc(-c2cccc(C(=O)N3CCCC[C@H]3c3cccnc3)c2)sc1C. The zero-order chi connectivity index (χ0) is 18.8. The standard InChI is InChI=1S/C22H23N3OS/c1-15-16(2)27-21(24-15)17-7-5-8-18(13-17)22(26)25-12-4-3-10-20(25)19-9-6-11-23-14-19/h5-9,11,13-14,20H,3-4,10,12H2,1-2H3/t20-/m0/s1. The van der Waals surface area contributed by atoms with Crippen LogP contribution in [0.1, 0.15) is 51.8 Å². The molecular weight excluding hydrogens is 354 g/mol. The molecule has 0 bridgehead atoms. The lowest BCUT2D eigenvalue weighted by atomic mass is 9.95. The first kappa shape index (κ1) is 17.9. The van der Waals surface area contributed by atoms with Gasteiger partial charge < -0.3 is 4.90 Å². The molecule has 1 atom stereocenters. The number of pyridine rings is 1. The van der Waals surface area contributed by atoms with Gasteiger partial charge in [-0.25, -0.2) is 4.98 Å². The molecule has 0 spiro atoms. The number of nitrogens with zero attached hydrogens (tertiary/aromatic N) is 3. The number of aryl methyl sites for hydroxylation is 2. The van der Waals surface area contributed by atoms with E-state index in [1.165, 1.54) is 4.88 Å². The molecule has 3 heterocycles. The van der Waals surface area contributed by atoms with Crippen molar-refractivity contribution in [3.8, 4) is 10.6 Å². The minimum Gasteiger partial charge on any atom is -0.332 e. The van der Waals surface area contributed by atoms with Crippen molar-refractivity contribution >= 4 is 17.2 Å². The summed E-state index contributed by atoms with van der Waals surface area (Å²) >= 11 is 1.68. The fraction of sp³-hybridized carbons (Fsp3) is 0.318. The molecule has 0 unspecified atom stereocenters. The van der Waals surface area contributed by atoms with E-state index in [1.54, 1.807) is 17.5 Å². The third-order valence-electron chi connectivity index (χ3n) is 5.22. The van der Waals surface area contributed by atoms with Gasteiger partial charge in [-0.3, -0.25) is 9.78 Å². The molecule has 2 aromatic heterocycles. The summed E-state index contributed by atoms with van der Waals surface area (Å²) in [5.41, 5.74) is 3.91. The van der Waals surface area contributed by atoms with Gasteiger partial charge in [0.05, 0.1) is 11.7 Å². The molecule has 1 aliphatic heterocycles.